The van der Waals surface area contributed by atoms with Crippen molar-refractivity contribution >= 4 is 5.97 Å². The van der Waals surface area contributed by atoms with Gasteiger partial charge in [-0.05, 0) is 55.4 Å². The quantitative estimate of drug-likeness (QED) is 0.140. The van der Waals surface area contributed by atoms with Crippen LogP contribution in [0.5, 0.6) is 0 Å². The molecule has 2 aliphatic carbocycles. The highest BCUT2D eigenvalue weighted by atomic mass is 16.8. The smallest absolute Gasteiger partial charge is 0.304 e. The summed E-state index contributed by atoms with van der Waals surface area (Å²) in [7, 11) is 1.71. The second-order valence-corrected chi connectivity index (χ2v) is 11.5. The number of allylic oxidation sites excluding steroid dienone is 3. The number of aliphatic hydroxyl groups excluding tert-OH is 1. The van der Waals surface area contributed by atoms with Crippen LogP contribution in [0, 0.1) is 22.7 Å². The minimum atomic E-state index is -1.02. The molecular formula is C31H50O7. The van der Waals surface area contributed by atoms with E-state index in [0.29, 0.717) is 19.6 Å². The number of rotatable bonds is 13. The second kappa shape index (κ2) is 13.2. The number of carbonyl (C=O) groups excluding carboxylic acids is 1. The lowest BCUT2D eigenvalue weighted by atomic mass is 9.44. The molecule has 1 heterocycles. The van der Waals surface area contributed by atoms with Crippen molar-refractivity contribution in [1.29, 1.82) is 0 Å². The van der Waals surface area contributed by atoms with Gasteiger partial charge in [-0.1, -0.05) is 70.9 Å². The molecule has 1 N–H and O–H groups in total. The van der Waals surface area contributed by atoms with E-state index >= 15 is 0 Å². The third kappa shape index (κ3) is 5.68. The summed E-state index contributed by atoms with van der Waals surface area (Å²) < 4.78 is 30.9. The summed E-state index contributed by atoms with van der Waals surface area (Å²) in [5, 5.41) is 12.3. The van der Waals surface area contributed by atoms with E-state index in [2.05, 4.69) is 40.3 Å². The van der Waals surface area contributed by atoms with E-state index < -0.39 is 36.2 Å². The van der Waals surface area contributed by atoms with Crippen LogP contribution in [0.4, 0.5) is 0 Å². The highest BCUT2D eigenvalue weighted by Crippen LogP contribution is 2.67. The fourth-order valence-electron chi connectivity index (χ4n) is 6.79. The van der Waals surface area contributed by atoms with E-state index in [-0.39, 0.29) is 23.4 Å². The van der Waals surface area contributed by atoms with Gasteiger partial charge in [0.25, 0.3) is 0 Å². The summed E-state index contributed by atoms with van der Waals surface area (Å²) in [6.07, 6.45) is 7.92. The van der Waals surface area contributed by atoms with Crippen LogP contribution in [0.3, 0.4) is 0 Å². The molecule has 9 atom stereocenters. The molecule has 7 heteroatoms. The molecule has 216 valence electrons. The maximum absolute atomic E-state index is 12.4. The van der Waals surface area contributed by atoms with Gasteiger partial charge in [0, 0.05) is 20.6 Å². The Morgan fingerprint density at radius 2 is 1.87 bits per heavy atom. The predicted octanol–water partition coefficient (Wildman–Crippen LogP) is 5.72. The van der Waals surface area contributed by atoms with Crippen molar-refractivity contribution in [2.75, 3.05) is 20.3 Å². The molecule has 3 rings (SSSR count). The van der Waals surface area contributed by atoms with E-state index in [1.165, 1.54) is 6.92 Å². The van der Waals surface area contributed by atoms with Crippen LogP contribution >= 0.6 is 0 Å². The molecule has 38 heavy (non-hydrogen) atoms. The van der Waals surface area contributed by atoms with E-state index in [9.17, 15) is 9.90 Å². The topological polar surface area (TPSA) is 83.5 Å². The van der Waals surface area contributed by atoms with Crippen molar-refractivity contribution in [2.24, 2.45) is 22.7 Å². The zero-order valence-electron chi connectivity index (χ0n) is 24.5. The number of hydrogen-bond donors (Lipinski definition) is 1. The highest BCUT2D eigenvalue weighted by molar-refractivity contribution is 5.66. The SMILES string of the molecule is C=C/C(C)=C\C[C@]1(C)[C@H](C)[C@@H](OCCCC)C(O)C23C(=C[C@H](OC)C[C@H]21)[C@@H](OCCCC)O[C@H]3OC(C)=O. The maximum Gasteiger partial charge on any atom is 0.304 e. The summed E-state index contributed by atoms with van der Waals surface area (Å²) in [6, 6.07) is 0. The molecule has 2 unspecified atom stereocenters. The minimum absolute atomic E-state index is 0.00809. The molecule has 1 spiro atoms. The molecule has 0 aromatic rings. The van der Waals surface area contributed by atoms with Gasteiger partial charge in [0.15, 0.2) is 6.29 Å². The fourth-order valence-corrected chi connectivity index (χ4v) is 6.79. The normalized spacial score (nSPS) is 38.8. The molecule has 0 radical (unpaired) electrons. The van der Waals surface area contributed by atoms with Crippen LogP contribution < -0.4 is 0 Å². The standard InChI is InChI=1S/C31H50O7/c1-9-12-16-35-26-21(5)30(7,15-14-20(4)11-3)25-19-23(34-8)18-24-28(36-17-13-10-2)38-29(37-22(6)32)31(24,25)27(26)33/h11,14,18,21,23,25-29,33H,3,9-10,12-13,15-17,19H2,1-2,4-8H3/b20-14-/t21-,23+,25+,26-,27?,28+,29-,30-,31?/m1/s1. The molecule has 2 fully saturated rings. The van der Waals surface area contributed by atoms with Crippen molar-refractivity contribution in [3.63, 3.8) is 0 Å². The first-order chi connectivity index (χ1) is 18.1. The molecule has 3 aliphatic rings. The first-order valence-corrected chi connectivity index (χ1v) is 14.4. The van der Waals surface area contributed by atoms with E-state index in [4.69, 9.17) is 23.7 Å². The minimum Gasteiger partial charge on any atom is -0.435 e. The third-order valence-electron chi connectivity index (χ3n) is 9.27. The molecule has 0 amide bonds. The summed E-state index contributed by atoms with van der Waals surface area (Å²) in [5.74, 6) is -0.577. The van der Waals surface area contributed by atoms with Gasteiger partial charge in [-0.2, -0.15) is 0 Å². The van der Waals surface area contributed by atoms with Crippen LogP contribution in [-0.4, -0.2) is 62.3 Å². The molecule has 1 saturated carbocycles. The molecule has 1 aliphatic heterocycles. The Labute approximate surface area is 229 Å². The van der Waals surface area contributed by atoms with Crippen molar-refractivity contribution in [1.82, 2.24) is 0 Å². The fraction of sp³-hybridized carbons (Fsp3) is 0.774. The average Bonchev–Trinajstić information content (AvgIpc) is 3.20. The first kappa shape index (κ1) is 31.0. The van der Waals surface area contributed by atoms with Gasteiger partial charge >= 0.3 is 5.97 Å². The van der Waals surface area contributed by atoms with E-state index in [1.54, 1.807) is 7.11 Å². The lowest BCUT2D eigenvalue weighted by Gasteiger charge is -2.62. The Hall–Kier alpha value is -1.51. The molecule has 1 saturated heterocycles. The Morgan fingerprint density at radius 1 is 1.21 bits per heavy atom. The second-order valence-electron chi connectivity index (χ2n) is 11.5. The number of esters is 1. The molecule has 0 aromatic heterocycles. The van der Waals surface area contributed by atoms with Gasteiger partial charge in [0.1, 0.15) is 0 Å². The largest absolute Gasteiger partial charge is 0.435 e. The summed E-state index contributed by atoms with van der Waals surface area (Å²) in [4.78, 5) is 12.4. The van der Waals surface area contributed by atoms with Gasteiger partial charge in [-0.25, -0.2) is 0 Å². The van der Waals surface area contributed by atoms with E-state index in [0.717, 1.165) is 43.3 Å². The number of methoxy groups -OCH3 is 1. The van der Waals surface area contributed by atoms with Crippen LogP contribution in [0.25, 0.3) is 0 Å². The molecule has 0 aromatic carbocycles. The van der Waals surface area contributed by atoms with Gasteiger partial charge in [0.2, 0.25) is 6.29 Å². The Kier molecular flexibility index (Phi) is 10.8. The first-order valence-electron chi connectivity index (χ1n) is 14.4. The van der Waals surface area contributed by atoms with Crippen molar-refractivity contribution in [3.8, 4) is 0 Å². The van der Waals surface area contributed by atoms with Crippen LogP contribution in [0.2, 0.25) is 0 Å². The van der Waals surface area contributed by atoms with Gasteiger partial charge in [-0.3, -0.25) is 4.79 Å². The third-order valence-corrected chi connectivity index (χ3v) is 9.27. The summed E-state index contributed by atoms with van der Waals surface area (Å²) in [6.45, 7) is 17.1. The number of hydrogen-bond acceptors (Lipinski definition) is 7. The lowest BCUT2D eigenvalue weighted by molar-refractivity contribution is -0.280. The number of ether oxygens (including phenoxy) is 5. The molecule has 7 nitrogen and oxygen atoms in total. The Morgan fingerprint density at radius 3 is 2.45 bits per heavy atom. The van der Waals surface area contributed by atoms with Gasteiger partial charge in [0.05, 0.1) is 30.3 Å². The molecular weight excluding hydrogens is 484 g/mol. The monoisotopic (exact) mass is 534 g/mol. The number of carbonyl (C=O) groups is 1. The Bertz CT molecular complexity index is 881. The predicted molar refractivity (Wildman–Crippen MR) is 147 cm³/mol. The van der Waals surface area contributed by atoms with Crippen LogP contribution in [0.15, 0.2) is 36.0 Å². The maximum atomic E-state index is 12.4. The molecule has 0 bridgehead atoms. The van der Waals surface area contributed by atoms with Crippen molar-refractivity contribution < 1.29 is 33.6 Å². The highest BCUT2D eigenvalue weighted by Gasteiger charge is 2.73. The summed E-state index contributed by atoms with van der Waals surface area (Å²) >= 11 is 0. The lowest BCUT2D eigenvalue weighted by Crippen LogP contribution is -2.68. The zero-order chi connectivity index (χ0) is 28.1. The zero-order valence-corrected chi connectivity index (χ0v) is 24.5. The Balaban J connectivity index is 2.22. The van der Waals surface area contributed by atoms with Crippen molar-refractivity contribution in [3.05, 3.63) is 36.0 Å². The van der Waals surface area contributed by atoms with E-state index in [1.807, 2.05) is 19.1 Å². The van der Waals surface area contributed by atoms with Gasteiger partial charge < -0.3 is 28.8 Å². The number of aliphatic hydroxyl groups is 1. The van der Waals surface area contributed by atoms with Crippen LogP contribution in [0.1, 0.15) is 80.1 Å². The average molecular weight is 535 g/mol. The number of unbranched alkanes of at least 4 members (excludes halogenated alkanes) is 2. The van der Waals surface area contributed by atoms with Crippen LogP contribution in [-0.2, 0) is 28.5 Å². The van der Waals surface area contributed by atoms with Crippen molar-refractivity contribution in [2.45, 2.75) is 111 Å². The summed E-state index contributed by atoms with van der Waals surface area (Å²) in [5.41, 5.74) is 0.543. The van der Waals surface area contributed by atoms with Gasteiger partial charge in [-0.15, -0.1) is 0 Å².